The Morgan fingerprint density at radius 1 is 1.47 bits per heavy atom. The molecule has 1 heterocycles. The van der Waals surface area contributed by atoms with E-state index in [1.165, 1.54) is 11.3 Å². The Morgan fingerprint density at radius 2 is 2.13 bits per heavy atom. The molecular formula is C11H18ClNOS. The predicted molar refractivity (Wildman–Crippen MR) is 66.7 cm³/mol. The molecule has 1 N–H and O–H groups in total. The van der Waals surface area contributed by atoms with Gasteiger partial charge in [0.15, 0.2) is 0 Å². The van der Waals surface area contributed by atoms with E-state index in [1.54, 1.807) is 0 Å². The van der Waals surface area contributed by atoms with Crippen LogP contribution in [0.1, 0.15) is 31.2 Å². The highest BCUT2D eigenvalue weighted by atomic mass is 35.5. The van der Waals surface area contributed by atoms with Crippen LogP contribution >= 0.6 is 22.9 Å². The highest BCUT2D eigenvalue weighted by molar-refractivity contribution is 7.10. The quantitative estimate of drug-likeness (QED) is 0.835. The van der Waals surface area contributed by atoms with Crippen LogP contribution in [-0.2, 0) is 0 Å². The molecule has 1 unspecified atom stereocenters. The molecule has 0 aliphatic carbocycles. The molecule has 0 amide bonds. The summed E-state index contributed by atoms with van der Waals surface area (Å²) in [6.45, 7) is 7.24. The second-order valence-corrected chi connectivity index (χ2v) is 4.82. The van der Waals surface area contributed by atoms with E-state index < -0.39 is 6.10 Å². The van der Waals surface area contributed by atoms with E-state index in [4.69, 9.17) is 11.6 Å². The van der Waals surface area contributed by atoms with Crippen LogP contribution in [0.15, 0.2) is 11.4 Å². The van der Waals surface area contributed by atoms with E-state index in [2.05, 4.69) is 18.7 Å². The fraction of sp³-hybridized carbons (Fsp3) is 0.636. The number of halogens is 1. The van der Waals surface area contributed by atoms with Crippen molar-refractivity contribution < 1.29 is 5.11 Å². The molecule has 1 aromatic rings. The molecule has 0 radical (unpaired) electrons. The molecule has 0 bridgehead atoms. The number of rotatable bonds is 6. The van der Waals surface area contributed by atoms with Gasteiger partial charge in [-0.2, -0.15) is 0 Å². The number of nitrogens with zero attached hydrogens (tertiary/aromatic N) is 1. The van der Waals surface area contributed by atoms with Gasteiger partial charge in [-0.25, -0.2) is 0 Å². The summed E-state index contributed by atoms with van der Waals surface area (Å²) in [5.74, 6) is 0. The topological polar surface area (TPSA) is 23.5 Å². The predicted octanol–water partition coefficient (Wildman–Crippen LogP) is 3.17. The second-order valence-electron chi connectivity index (χ2n) is 3.46. The maximum atomic E-state index is 9.93. The average Bonchev–Trinajstić information content (AvgIpc) is 2.66. The van der Waals surface area contributed by atoms with E-state index in [9.17, 15) is 5.11 Å². The molecule has 1 atom stereocenters. The van der Waals surface area contributed by atoms with Gasteiger partial charge in [0.2, 0.25) is 0 Å². The van der Waals surface area contributed by atoms with Crippen molar-refractivity contribution in [2.75, 3.05) is 19.6 Å². The van der Waals surface area contributed by atoms with Crippen molar-refractivity contribution in [2.24, 2.45) is 0 Å². The maximum absolute atomic E-state index is 9.93. The smallest absolute Gasteiger partial charge is 0.0909 e. The molecule has 0 spiro atoms. The lowest BCUT2D eigenvalue weighted by Crippen LogP contribution is -2.25. The normalized spacial score (nSPS) is 13.4. The van der Waals surface area contributed by atoms with Gasteiger partial charge in [-0.3, -0.25) is 0 Å². The van der Waals surface area contributed by atoms with Crippen LogP contribution in [-0.4, -0.2) is 29.6 Å². The Bertz CT molecular complexity index is 286. The van der Waals surface area contributed by atoms with Gasteiger partial charge in [0.05, 0.1) is 16.0 Å². The third-order valence-corrected chi connectivity index (χ3v) is 4.02. The summed E-state index contributed by atoms with van der Waals surface area (Å²) in [4.78, 5) is 3.19. The Labute approximate surface area is 100 Å². The molecule has 0 aliphatic heterocycles. The summed E-state index contributed by atoms with van der Waals surface area (Å²) in [7, 11) is 0. The zero-order valence-corrected chi connectivity index (χ0v) is 10.8. The first-order chi connectivity index (χ1) is 7.19. The first kappa shape index (κ1) is 13.0. The van der Waals surface area contributed by atoms with Crippen molar-refractivity contribution in [1.82, 2.24) is 4.90 Å². The summed E-state index contributed by atoms with van der Waals surface area (Å²) in [5, 5.41) is 12.5. The van der Waals surface area contributed by atoms with Gasteiger partial charge in [0, 0.05) is 6.54 Å². The van der Waals surface area contributed by atoms with E-state index in [-0.39, 0.29) is 0 Å². The number of aliphatic hydroxyl groups is 1. The number of aliphatic hydroxyl groups excluding tert-OH is 1. The third kappa shape index (κ3) is 3.76. The van der Waals surface area contributed by atoms with E-state index in [0.29, 0.717) is 5.02 Å². The van der Waals surface area contributed by atoms with Gasteiger partial charge in [-0.1, -0.05) is 25.4 Å². The highest BCUT2D eigenvalue weighted by Crippen LogP contribution is 2.30. The van der Waals surface area contributed by atoms with Crippen molar-refractivity contribution in [3.05, 3.63) is 21.3 Å². The molecule has 15 heavy (non-hydrogen) atoms. The molecule has 0 aromatic carbocycles. The summed E-state index contributed by atoms with van der Waals surface area (Å²) >= 11 is 7.48. The molecule has 0 saturated carbocycles. The van der Waals surface area contributed by atoms with Gasteiger partial charge in [-0.05, 0) is 31.0 Å². The van der Waals surface area contributed by atoms with E-state index in [0.717, 1.165) is 30.9 Å². The van der Waals surface area contributed by atoms with Crippen molar-refractivity contribution >= 4 is 22.9 Å². The van der Waals surface area contributed by atoms with Gasteiger partial charge in [0.1, 0.15) is 0 Å². The maximum Gasteiger partial charge on any atom is 0.0909 e. The summed E-state index contributed by atoms with van der Waals surface area (Å²) in [5.41, 5.74) is 0. The summed E-state index contributed by atoms with van der Waals surface area (Å²) in [6.07, 6.45) is 0.333. The second kappa shape index (κ2) is 6.48. The molecular weight excluding hydrogens is 230 g/mol. The van der Waals surface area contributed by atoms with Crippen molar-refractivity contribution in [3.63, 3.8) is 0 Å². The molecule has 1 rings (SSSR count). The third-order valence-electron chi connectivity index (χ3n) is 2.56. The molecule has 0 aliphatic rings. The molecule has 2 nitrogen and oxygen atoms in total. The van der Waals surface area contributed by atoms with Crippen LogP contribution < -0.4 is 0 Å². The molecule has 0 fully saturated rings. The zero-order valence-electron chi connectivity index (χ0n) is 9.24. The molecule has 4 heteroatoms. The number of thiophene rings is 1. The molecule has 0 saturated heterocycles. The van der Waals surface area contributed by atoms with Crippen LogP contribution in [0.25, 0.3) is 0 Å². The van der Waals surface area contributed by atoms with E-state index >= 15 is 0 Å². The van der Waals surface area contributed by atoms with Crippen LogP contribution in [0.2, 0.25) is 5.02 Å². The van der Waals surface area contributed by atoms with Gasteiger partial charge in [-0.15, -0.1) is 11.3 Å². The van der Waals surface area contributed by atoms with Crippen LogP contribution in [0.3, 0.4) is 0 Å². The fourth-order valence-corrected chi connectivity index (χ4v) is 2.72. The minimum absolute atomic E-state index is 0.418. The van der Waals surface area contributed by atoms with Crippen molar-refractivity contribution in [3.8, 4) is 0 Å². The van der Waals surface area contributed by atoms with Crippen LogP contribution in [0.4, 0.5) is 0 Å². The first-order valence-electron chi connectivity index (χ1n) is 5.32. The zero-order chi connectivity index (χ0) is 11.3. The van der Waals surface area contributed by atoms with E-state index in [1.807, 2.05) is 11.4 Å². The number of hydrogen-bond acceptors (Lipinski definition) is 3. The van der Waals surface area contributed by atoms with Gasteiger partial charge in [0.25, 0.3) is 0 Å². The van der Waals surface area contributed by atoms with Crippen molar-refractivity contribution in [2.45, 2.75) is 26.4 Å². The standard InChI is InChI=1S/C11H18ClNOS/c1-3-13(4-2)7-5-10(14)11-9(12)6-8-15-11/h6,8,10,14H,3-5,7H2,1-2H3. The lowest BCUT2D eigenvalue weighted by molar-refractivity contribution is 0.148. The summed E-state index contributed by atoms with van der Waals surface area (Å²) in [6, 6.07) is 1.84. The minimum atomic E-state index is -0.418. The minimum Gasteiger partial charge on any atom is -0.387 e. The SMILES string of the molecule is CCN(CC)CCC(O)c1sccc1Cl. The van der Waals surface area contributed by atoms with Crippen molar-refractivity contribution in [1.29, 1.82) is 0 Å². The lowest BCUT2D eigenvalue weighted by atomic mass is 10.2. The van der Waals surface area contributed by atoms with Gasteiger partial charge >= 0.3 is 0 Å². The van der Waals surface area contributed by atoms with Gasteiger partial charge < -0.3 is 10.0 Å². The first-order valence-corrected chi connectivity index (χ1v) is 6.58. The Balaban J connectivity index is 2.42. The molecule has 86 valence electrons. The number of hydrogen-bond donors (Lipinski definition) is 1. The lowest BCUT2D eigenvalue weighted by Gasteiger charge is -2.19. The Morgan fingerprint density at radius 3 is 2.60 bits per heavy atom. The molecule has 1 aromatic heterocycles. The Kier molecular flexibility index (Phi) is 5.61. The largest absolute Gasteiger partial charge is 0.387 e. The Hall–Kier alpha value is -0.0900. The monoisotopic (exact) mass is 247 g/mol. The van der Waals surface area contributed by atoms with Crippen LogP contribution in [0, 0.1) is 0 Å². The van der Waals surface area contributed by atoms with Crippen LogP contribution in [0.5, 0.6) is 0 Å². The highest BCUT2D eigenvalue weighted by Gasteiger charge is 2.13. The average molecular weight is 248 g/mol. The summed E-state index contributed by atoms with van der Waals surface area (Å²) < 4.78 is 0. The fourth-order valence-electron chi connectivity index (χ4n) is 1.52.